The third-order valence-corrected chi connectivity index (χ3v) is 8.94. The molecule has 3 heterocycles. The van der Waals surface area contributed by atoms with Crippen LogP contribution in [0.3, 0.4) is 0 Å². The average Bonchev–Trinajstić information content (AvgIpc) is 3.18. The molecule has 2 amide bonds. The summed E-state index contributed by atoms with van der Waals surface area (Å²) in [4.78, 5) is 34.9. The summed E-state index contributed by atoms with van der Waals surface area (Å²) in [5.74, 6) is -7.23. The molecule has 5 rings (SSSR count). The first kappa shape index (κ1) is 29.2. The van der Waals surface area contributed by atoms with Gasteiger partial charge in [-0.05, 0) is 45.0 Å². The number of aromatic nitrogens is 1. The van der Waals surface area contributed by atoms with Crippen LogP contribution in [0.15, 0.2) is 30.5 Å². The summed E-state index contributed by atoms with van der Waals surface area (Å²) >= 11 is 0. The SMILES string of the molecule is COc1c([C@H]2[C@H](C(=O)Nc3ccnc(C(=O)N4CCN(C)[C@@H]5CC[C@@H]54)c3)O[C@@](C)(C(F)(F)F)[C@H]2C)ccc(F)c1F. The Balaban J connectivity index is 1.43. The van der Waals surface area contributed by atoms with Gasteiger partial charge in [0.15, 0.2) is 17.2 Å². The Bertz CT molecular complexity index is 1360. The van der Waals surface area contributed by atoms with Crippen molar-refractivity contribution in [2.45, 2.75) is 62.6 Å². The van der Waals surface area contributed by atoms with Crippen LogP contribution < -0.4 is 10.1 Å². The predicted octanol–water partition coefficient (Wildman–Crippen LogP) is 4.37. The first-order valence-electron chi connectivity index (χ1n) is 13.3. The third-order valence-electron chi connectivity index (χ3n) is 8.94. The molecule has 0 bridgehead atoms. The van der Waals surface area contributed by atoms with Crippen LogP contribution in [0.4, 0.5) is 27.6 Å². The summed E-state index contributed by atoms with van der Waals surface area (Å²) < 4.78 is 81.6. The summed E-state index contributed by atoms with van der Waals surface area (Å²) in [5, 5.41) is 2.54. The van der Waals surface area contributed by atoms with Crippen molar-refractivity contribution in [1.82, 2.24) is 14.8 Å². The number of carbonyl (C=O) groups excluding carboxylic acids is 2. The molecule has 41 heavy (non-hydrogen) atoms. The van der Waals surface area contributed by atoms with Gasteiger partial charge in [0.05, 0.1) is 7.11 Å². The smallest absolute Gasteiger partial charge is 0.417 e. The average molecular weight is 583 g/mol. The molecule has 1 aromatic heterocycles. The van der Waals surface area contributed by atoms with Gasteiger partial charge in [0, 0.05) is 54.5 Å². The fraction of sp³-hybridized carbons (Fsp3) is 0.536. The van der Waals surface area contributed by atoms with Gasteiger partial charge in [-0.3, -0.25) is 19.5 Å². The minimum Gasteiger partial charge on any atom is -0.493 e. The van der Waals surface area contributed by atoms with Crippen LogP contribution in [-0.4, -0.2) is 83.8 Å². The van der Waals surface area contributed by atoms with Crippen molar-refractivity contribution in [3.63, 3.8) is 0 Å². The Hall–Kier alpha value is -3.32. The number of anilines is 1. The van der Waals surface area contributed by atoms with Crippen LogP contribution in [0.25, 0.3) is 0 Å². The van der Waals surface area contributed by atoms with E-state index in [0.717, 1.165) is 39.0 Å². The number of carbonyl (C=O) groups is 2. The van der Waals surface area contributed by atoms with E-state index in [-0.39, 0.29) is 34.9 Å². The molecular weight excluding hydrogens is 551 g/mol. The van der Waals surface area contributed by atoms with Crippen molar-refractivity contribution in [2.75, 3.05) is 32.6 Å². The Morgan fingerprint density at radius 1 is 1.15 bits per heavy atom. The van der Waals surface area contributed by atoms with Gasteiger partial charge in [-0.1, -0.05) is 13.0 Å². The Labute approximate surface area is 233 Å². The summed E-state index contributed by atoms with van der Waals surface area (Å²) in [7, 11) is 3.08. The van der Waals surface area contributed by atoms with Gasteiger partial charge in [0.25, 0.3) is 11.8 Å². The lowest BCUT2D eigenvalue weighted by Gasteiger charge is -2.52. The van der Waals surface area contributed by atoms with Crippen LogP contribution in [-0.2, 0) is 9.53 Å². The van der Waals surface area contributed by atoms with E-state index in [9.17, 15) is 31.5 Å². The number of pyridine rings is 1. The lowest BCUT2D eigenvalue weighted by Crippen LogP contribution is -2.64. The number of fused-ring (bicyclic) bond motifs is 1. The van der Waals surface area contributed by atoms with Gasteiger partial charge >= 0.3 is 6.18 Å². The van der Waals surface area contributed by atoms with Crippen LogP contribution >= 0.6 is 0 Å². The van der Waals surface area contributed by atoms with E-state index in [0.29, 0.717) is 13.1 Å². The number of rotatable bonds is 5. The fourth-order valence-corrected chi connectivity index (χ4v) is 6.22. The van der Waals surface area contributed by atoms with E-state index >= 15 is 0 Å². The van der Waals surface area contributed by atoms with E-state index in [1.807, 2.05) is 7.05 Å². The lowest BCUT2D eigenvalue weighted by atomic mass is 9.77. The van der Waals surface area contributed by atoms with Gasteiger partial charge in [-0.2, -0.15) is 17.6 Å². The van der Waals surface area contributed by atoms with Crippen LogP contribution in [0.5, 0.6) is 5.75 Å². The number of hydrogen-bond donors (Lipinski definition) is 1. The van der Waals surface area contributed by atoms with Gasteiger partial charge in [0.1, 0.15) is 11.8 Å². The number of alkyl halides is 3. The molecule has 3 aliphatic rings. The van der Waals surface area contributed by atoms with Crippen molar-refractivity contribution in [2.24, 2.45) is 5.92 Å². The molecule has 2 saturated heterocycles. The van der Waals surface area contributed by atoms with Gasteiger partial charge < -0.3 is 19.7 Å². The second-order valence-corrected chi connectivity index (χ2v) is 11.1. The van der Waals surface area contributed by atoms with Gasteiger partial charge in [0.2, 0.25) is 5.82 Å². The minimum atomic E-state index is -4.89. The number of halogens is 5. The molecule has 1 N–H and O–H groups in total. The van der Waals surface area contributed by atoms with Crippen molar-refractivity contribution in [3.8, 4) is 5.75 Å². The molecule has 3 fully saturated rings. The fourth-order valence-electron chi connectivity index (χ4n) is 6.22. The Morgan fingerprint density at radius 2 is 1.85 bits per heavy atom. The summed E-state index contributed by atoms with van der Waals surface area (Å²) in [6.45, 7) is 3.29. The van der Waals surface area contributed by atoms with Crippen LogP contribution in [0.1, 0.15) is 48.7 Å². The van der Waals surface area contributed by atoms with Crippen LogP contribution in [0.2, 0.25) is 0 Å². The second kappa shape index (κ2) is 10.5. The molecule has 2 aromatic rings. The van der Waals surface area contributed by atoms with E-state index in [1.54, 1.807) is 4.90 Å². The minimum absolute atomic E-state index is 0.0709. The molecule has 1 aliphatic carbocycles. The lowest BCUT2D eigenvalue weighted by molar-refractivity contribution is -0.272. The molecule has 13 heteroatoms. The molecule has 0 unspecified atom stereocenters. The molecule has 6 atom stereocenters. The summed E-state index contributed by atoms with van der Waals surface area (Å²) in [6, 6.07) is 4.98. The number of methoxy groups -OCH3 is 1. The highest BCUT2D eigenvalue weighted by Gasteiger charge is 2.66. The molecule has 0 radical (unpaired) electrons. The van der Waals surface area contributed by atoms with Crippen molar-refractivity contribution >= 4 is 17.5 Å². The number of amides is 2. The van der Waals surface area contributed by atoms with E-state index in [1.165, 1.54) is 25.3 Å². The van der Waals surface area contributed by atoms with Crippen LogP contribution in [0, 0.1) is 17.6 Å². The molecule has 222 valence electrons. The zero-order chi connectivity index (χ0) is 29.9. The number of benzene rings is 1. The Kier molecular flexibility index (Phi) is 7.48. The van der Waals surface area contributed by atoms with Crippen molar-refractivity contribution in [1.29, 1.82) is 0 Å². The first-order valence-corrected chi connectivity index (χ1v) is 13.3. The molecule has 1 aromatic carbocycles. The highest BCUT2D eigenvalue weighted by atomic mass is 19.4. The third kappa shape index (κ3) is 4.82. The molecule has 2 aliphatic heterocycles. The standard InChI is InChI=1S/C28H31F5N4O4/c1-14-21(16-5-6-17(29)22(30)23(16)40-4)24(41-27(14,2)28(31,32)33)25(38)35-15-9-10-34-18(13-15)26(39)37-12-11-36(3)19-7-8-20(19)37/h5-6,9-10,13-14,19-21,24H,7-8,11-12H2,1-4H3,(H,34,35,38)/t14-,19+,20-,21-,24+,27+/m0/s1. The number of likely N-dealkylation sites (N-methyl/N-ethyl adjacent to an activating group) is 1. The highest BCUT2D eigenvalue weighted by molar-refractivity contribution is 5.98. The second-order valence-electron chi connectivity index (χ2n) is 11.1. The highest BCUT2D eigenvalue weighted by Crippen LogP contribution is 2.55. The van der Waals surface area contributed by atoms with E-state index in [4.69, 9.17) is 9.47 Å². The zero-order valence-electron chi connectivity index (χ0n) is 23.0. The largest absolute Gasteiger partial charge is 0.493 e. The maximum atomic E-state index is 14.6. The predicted molar refractivity (Wildman–Crippen MR) is 137 cm³/mol. The first-order chi connectivity index (χ1) is 19.3. The van der Waals surface area contributed by atoms with Gasteiger partial charge in [-0.15, -0.1) is 0 Å². The summed E-state index contributed by atoms with van der Waals surface area (Å²) in [5.41, 5.74) is -2.71. The van der Waals surface area contributed by atoms with Gasteiger partial charge in [-0.25, -0.2) is 4.39 Å². The molecule has 8 nitrogen and oxygen atoms in total. The monoisotopic (exact) mass is 582 g/mol. The number of hydrogen-bond acceptors (Lipinski definition) is 6. The molecule has 1 saturated carbocycles. The number of nitrogens with one attached hydrogen (secondary N) is 1. The summed E-state index contributed by atoms with van der Waals surface area (Å²) in [6.07, 6.45) is -3.44. The number of ether oxygens (including phenoxy) is 2. The maximum absolute atomic E-state index is 14.6. The quantitative estimate of drug-likeness (QED) is 0.528. The molecule has 0 spiro atoms. The number of piperazine rings is 1. The van der Waals surface area contributed by atoms with Crippen molar-refractivity contribution in [3.05, 3.63) is 53.4 Å². The molecular formula is C28H31F5N4O4. The van der Waals surface area contributed by atoms with E-state index < -0.39 is 53.0 Å². The number of nitrogens with zero attached hydrogens (tertiary/aromatic N) is 3. The normalized spacial score (nSPS) is 30.0. The topological polar surface area (TPSA) is 84.0 Å². The Morgan fingerprint density at radius 3 is 2.49 bits per heavy atom. The van der Waals surface area contributed by atoms with Crippen molar-refractivity contribution < 1.29 is 41.0 Å². The maximum Gasteiger partial charge on any atom is 0.417 e. The van der Waals surface area contributed by atoms with E-state index in [2.05, 4.69) is 15.2 Å². The zero-order valence-corrected chi connectivity index (χ0v) is 23.0.